The third kappa shape index (κ3) is 0.915. The summed E-state index contributed by atoms with van der Waals surface area (Å²) in [5, 5.41) is 12.6. The molecule has 3 heteroatoms. The van der Waals surface area contributed by atoms with Gasteiger partial charge in [0.05, 0.1) is 10.0 Å². The summed E-state index contributed by atoms with van der Waals surface area (Å²) in [6.07, 6.45) is 3.43. The van der Waals surface area contributed by atoms with E-state index in [2.05, 4.69) is 41.9 Å². The summed E-state index contributed by atoms with van der Waals surface area (Å²) in [5.74, 6) is 0. The number of fused-ring (bicyclic) bond motifs is 2. The van der Waals surface area contributed by atoms with Crippen LogP contribution in [0.15, 0.2) is 5.16 Å². The quantitative estimate of drug-likeness (QED) is 0.397. The fourth-order valence-electron chi connectivity index (χ4n) is 3.07. The number of rotatable bonds is 0. The van der Waals surface area contributed by atoms with E-state index in [1.807, 2.05) is 0 Å². The third-order valence-corrected chi connectivity index (χ3v) is 5.42. The van der Waals surface area contributed by atoms with E-state index in [1.54, 1.807) is 0 Å². The zero-order valence-corrected chi connectivity index (χ0v) is 9.98. The normalized spacial score (nSPS) is 50.3. The Morgan fingerprint density at radius 3 is 2.23 bits per heavy atom. The van der Waals surface area contributed by atoms with Crippen LogP contribution in [0.25, 0.3) is 0 Å². The van der Waals surface area contributed by atoms with Crippen molar-refractivity contribution in [3.63, 3.8) is 0 Å². The summed E-state index contributed by atoms with van der Waals surface area (Å²) in [6, 6.07) is 0. The van der Waals surface area contributed by atoms with Crippen molar-refractivity contribution in [1.29, 1.82) is 0 Å². The van der Waals surface area contributed by atoms with Crippen LogP contribution in [0.1, 0.15) is 40.0 Å². The molecule has 0 unspecified atom stereocenters. The van der Waals surface area contributed by atoms with Crippen LogP contribution in [0, 0.1) is 10.8 Å². The highest BCUT2D eigenvalue weighted by Crippen LogP contribution is 2.66. The minimum atomic E-state index is -0.0139. The van der Waals surface area contributed by atoms with Gasteiger partial charge in [0.25, 0.3) is 0 Å². The highest BCUT2D eigenvalue weighted by atomic mass is 79.9. The summed E-state index contributed by atoms with van der Waals surface area (Å²) in [4.78, 5) is 0. The molecule has 13 heavy (non-hydrogen) atoms. The van der Waals surface area contributed by atoms with Gasteiger partial charge in [-0.05, 0) is 24.7 Å². The first kappa shape index (κ1) is 9.50. The minimum Gasteiger partial charge on any atom is -0.411 e. The lowest BCUT2D eigenvalue weighted by Crippen LogP contribution is -2.41. The first-order valence-corrected chi connectivity index (χ1v) is 5.57. The molecular weight excluding hydrogens is 230 g/mol. The van der Waals surface area contributed by atoms with Crippen molar-refractivity contribution in [2.45, 2.75) is 44.4 Å². The molecule has 0 spiro atoms. The van der Waals surface area contributed by atoms with Crippen LogP contribution in [0.2, 0.25) is 0 Å². The van der Waals surface area contributed by atoms with Crippen molar-refractivity contribution in [2.75, 3.05) is 0 Å². The van der Waals surface area contributed by atoms with Crippen LogP contribution in [0.5, 0.6) is 0 Å². The van der Waals surface area contributed by atoms with Gasteiger partial charge in [-0.25, -0.2) is 0 Å². The van der Waals surface area contributed by atoms with E-state index in [-0.39, 0.29) is 9.74 Å². The van der Waals surface area contributed by atoms with E-state index in [0.29, 0.717) is 5.41 Å². The predicted octanol–water partition coefficient (Wildman–Crippen LogP) is 3.18. The van der Waals surface area contributed by atoms with Crippen LogP contribution in [-0.2, 0) is 0 Å². The van der Waals surface area contributed by atoms with Gasteiger partial charge < -0.3 is 5.21 Å². The third-order valence-electron chi connectivity index (χ3n) is 4.37. The number of alkyl halides is 1. The maximum atomic E-state index is 9.06. The summed E-state index contributed by atoms with van der Waals surface area (Å²) in [6.45, 7) is 6.67. The van der Waals surface area contributed by atoms with E-state index in [4.69, 9.17) is 5.21 Å². The molecule has 0 radical (unpaired) electrons. The van der Waals surface area contributed by atoms with Crippen LogP contribution >= 0.6 is 15.9 Å². The first-order chi connectivity index (χ1) is 5.86. The molecule has 2 rings (SSSR count). The Balaban J connectivity index is 2.54. The molecule has 0 amide bonds. The Morgan fingerprint density at radius 1 is 1.31 bits per heavy atom. The standard InChI is InChI=1S/C10H16BrNO/c1-8(2)7(12-13)10(11)5-4-9(8,3)6-10/h13H,4-6H2,1-3H3/b12-7-/t9-,10-/m0/s1. The summed E-state index contributed by atoms with van der Waals surface area (Å²) >= 11 is 3.73. The highest BCUT2D eigenvalue weighted by Gasteiger charge is 2.65. The predicted molar refractivity (Wildman–Crippen MR) is 56.6 cm³/mol. The molecule has 2 fully saturated rings. The Morgan fingerprint density at radius 2 is 1.92 bits per heavy atom. The summed E-state index contributed by atoms with van der Waals surface area (Å²) in [7, 11) is 0. The zero-order chi connectivity index (χ0) is 9.91. The topological polar surface area (TPSA) is 32.6 Å². The molecule has 0 aromatic carbocycles. The Labute approximate surface area is 87.5 Å². The minimum absolute atomic E-state index is 0.0139. The number of hydrogen-bond acceptors (Lipinski definition) is 2. The van der Waals surface area contributed by atoms with E-state index in [1.165, 1.54) is 6.42 Å². The molecule has 0 aromatic heterocycles. The molecule has 2 aliphatic rings. The number of oxime groups is 1. The Bertz CT molecular complexity index is 287. The second-order valence-corrected chi connectivity index (χ2v) is 6.79. The number of halogens is 1. The van der Waals surface area contributed by atoms with Gasteiger partial charge in [0.1, 0.15) is 0 Å². The lowest BCUT2D eigenvalue weighted by atomic mass is 9.65. The van der Waals surface area contributed by atoms with Crippen molar-refractivity contribution < 1.29 is 5.21 Å². The maximum Gasteiger partial charge on any atom is 0.0799 e. The van der Waals surface area contributed by atoms with E-state index < -0.39 is 0 Å². The molecule has 2 aliphatic carbocycles. The van der Waals surface area contributed by atoms with E-state index in [9.17, 15) is 0 Å². The molecule has 2 atom stereocenters. The van der Waals surface area contributed by atoms with E-state index in [0.717, 1.165) is 18.6 Å². The van der Waals surface area contributed by atoms with Gasteiger partial charge in [-0.2, -0.15) is 0 Å². The fraction of sp³-hybridized carbons (Fsp3) is 0.900. The van der Waals surface area contributed by atoms with Crippen molar-refractivity contribution >= 4 is 21.6 Å². The Hall–Kier alpha value is -0.0500. The Kier molecular flexibility index (Phi) is 1.68. The molecular formula is C10H16BrNO. The average molecular weight is 246 g/mol. The average Bonchev–Trinajstić information content (AvgIpc) is 2.35. The number of hydrogen-bond donors (Lipinski definition) is 1. The number of nitrogens with zero attached hydrogens (tertiary/aromatic N) is 1. The van der Waals surface area contributed by atoms with Gasteiger partial charge in [-0.3, -0.25) is 0 Å². The smallest absolute Gasteiger partial charge is 0.0799 e. The molecule has 0 saturated heterocycles. The van der Waals surface area contributed by atoms with Gasteiger partial charge in [0.2, 0.25) is 0 Å². The fourth-order valence-corrected chi connectivity index (χ4v) is 4.46. The molecule has 1 N–H and O–H groups in total. The molecule has 0 aliphatic heterocycles. The highest BCUT2D eigenvalue weighted by molar-refractivity contribution is 9.10. The molecule has 2 bridgehead atoms. The summed E-state index contributed by atoms with van der Waals surface area (Å²) in [5.41, 5.74) is 1.27. The zero-order valence-electron chi connectivity index (χ0n) is 8.39. The maximum absolute atomic E-state index is 9.06. The SMILES string of the molecule is CC1(C)/C(=N/O)[C@]2(Br)CC[C@@]1(C)C2. The van der Waals surface area contributed by atoms with Crippen LogP contribution in [-0.4, -0.2) is 15.2 Å². The largest absolute Gasteiger partial charge is 0.411 e. The second kappa shape index (κ2) is 2.30. The van der Waals surface area contributed by atoms with Gasteiger partial charge >= 0.3 is 0 Å². The van der Waals surface area contributed by atoms with Gasteiger partial charge in [0.15, 0.2) is 0 Å². The molecule has 0 aromatic rings. The molecule has 74 valence electrons. The van der Waals surface area contributed by atoms with Crippen LogP contribution in [0.3, 0.4) is 0 Å². The van der Waals surface area contributed by atoms with Crippen molar-refractivity contribution in [3.8, 4) is 0 Å². The lowest BCUT2D eigenvalue weighted by molar-refractivity contribution is 0.179. The van der Waals surface area contributed by atoms with Gasteiger partial charge in [-0.15, -0.1) is 0 Å². The van der Waals surface area contributed by atoms with Crippen LogP contribution in [0.4, 0.5) is 0 Å². The lowest BCUT2D eigenvalue weighted by Gasteiger charge is -2.39. The van der Waals surface area contributed by atoms with E-state index >= 15 is 0 Å². The first-order valence-electron chi connectivity index (χ1n) is 4.78. The van der Waals surface area contributed by atoms with Gasteiger partial charge in [0, 0.05) is 5.41 Å². The van der Waals surface area contributed by atoms with Gasteiger partial charge in [-0.1, -0.05) is 41.9 Å². The summed E-state index contributed by atoms with van der Waals surface area (Å²) < 4.78 is -0.0139. The molecule has 2 saturated carbocycles. The van der Waals surface area contributed by atoms with Crippen molar-refractivity contribution in [3.05, 3.63) is 0 Å². The van der Waals surface area contributed by atoms with Crippen molar-refractivity contribution in [2.24, 2.45) is 16.0 Å². The second-order valence-electron chi connectivity index (χ2n) is 5.28. The van der Waals surface area contributed by atoms with Crippen molar-refractivity contribution in [1.82, 2.24) is 0 Å². The van der Waals surface area contributed by atoms with Crippen LogP contribution < -0.4 is 0 Å². The molecule has 0 heterocycles. The molecule has 2 nitrogen and oxygen atoms in total. The monoisotopic (exact) mass is 245 g/mol.